The number of fused-ring (bicyclic) bond motifs is 1. The molecule has 4 rings (SSSR count). The Kier molecular flexibility index (Phi) is 7.91. The van der Waals surface area contributed by atoms with E-state index < -0.39 is 0 Å². The SMILES string of the molecule is CCCN(CC(=O)N1CCc2sccc2[C@@H]1COc1ccc(Cl)cc1)C(=O)c1ccccc1C. The third-order valence-electron chi connectivity index (χ3n) is 6.12. The molecule has 1 atom stereocenters. The average Bonchev–Trinajstić information content (AvgIpc) is 3.32. The fraction of sp³-hybridized carbons (Fsp3) is 0.333. The lowest BCUT2D eigenvalue weighted by Gasteiger charge is -2.37. The van der Waals surface area contributed by atoms with E-state index in [0.717, 1.165) is 24.0 Å². The molecule has 178 valence electrons. The van der Waals surface area contributed by atoms with Crippen molar-refractivity contribution in [3.05, 3.63) is 86.6 Å². The Bertz CT molecular complexity index is 1140. The van der Waals surface area contributed by atoms with Crippen molar-refractivity contribution in [2.75, 3.05) is 26.2 Å². The molecular weight excluding hydrogens is 468 g/mol. The van der Waals surface area contributed by atoms with Crippen molar-refractivity contribution in [3.8, 4) is 5.75 Å². The minimum Gasteiger partial charge on any atom is -0.491 e. The van der Waals surface area contributed by atoms with Gasteiger partial charge in [0.15, 0.2) is 0 Å². The second-order valence-electron chi connectivity index (χ2n) is 8.46. The number of rotatable bonds is 8. The molecule has 0 spiro atoms. The largest absolute Gasteiger partial charge is 0.491 e. The fourth-order valence-corrected chi connectivity index (χ4v) is 5.39. The maximum Gasteiger partial charge on any atom is 0.254 e. The first kappa shape index (κ1) is 24.3. The molecule has 2 amide bonds. The van der Waals surface area contributed by atoms with Crippen molar-refractivity contribution in [3.63, 3.8) is 0 Å². The van der Waals surface area contributed by atoms with Crippen LogP contribution < -0.4 is 4.74 Å². The van der Waals surface area contributed by atoms with Gasteiger partial charge in [0.2, 0.25) is 5.91 Å². The molecular formula is C27H29ClN2O3S. The maximum atomic E-state index is 13.6. The summed E-state index contributed by atoms with van der Waals surface area (Å²) in [7, 11) is 0. The van der Waals surface area contributed by atoms with Crippen LogP contribution >= 0.6 is 22.9 Å². The number of carbonyl (C=O) groups excluding carboxylic acids is 2. The molecule has 5 nitrogen and oxygen atoms in total. The number of benzene rings is 2. The Hall–Kier alpha value is -2.83. The van der Waals surface area contributed by atoms with Crippen molar-refractivity contribution < 1.29 is 14.3 Å². The summed E-state index contributed by atoms with van der Waals surface area (Å²) in [5.74, 6) is 0.550. The zero-order valence-electron chi connectivity index (χ0n) is 19.5. The molecule has 0 saturated heterocycles. The molecule has 0 unspecified atom stereocenters. The highest BCUT2D eigenvalue weighted by Gasteiger charge is 2.33. The highest BCUT2D eigenvalue weighted by atomic mass is 35.5. The van der Waals surface area contributed by atoms with Gasteiger partial charge in [-0.05, 0) is 72.7 Å². The summed E-state index contributed by atoms with van der Waals surface area (Å²) in [6, 6.07) is 16.6. The predicted molar refractivity (Wildman–Crippen MR) is 137 cm³/mol. The van der Waals surface area contributed by atoms with Crippen LogP contribution in [0.1, 0.15) is 45.7 Å². The highest BCUT2D eigenvalue weighted by Crippen LogP contribution is 2.34. The van der Waals surface area contributed by atoms with Crippen LogP contribution in [-0.2, 0) is 11.2 Å². The first-order valence-corrected chi connectivity index (χ1v) is 12.8. The molecule has 1 aromatic heterocycles. The smallest absolute Gasteiger partial charge is 0.254 e. The van der Waals surface area contributed by atoms with Gasteiger partial charge in [0.1, 0.15) is 18.9 Å². The van der Waals surface area contributed by atoms with Crippen LogP contribution in [-0.4, -0.2) is 47.9 Å². The van der Waals surface area contributed by atoms with Crippen molar-refractivity contribution >= 4 is 34.8 Å². The summed E-state index contributed by atoms with van der Waals surface area (Å²) >= 11 is 7.71. The molecule has 1 aliphatic heterocycles. The third kappa shape index (κ3) is 5.45. The molecule has 34 heavy (non-hydrogen) atoms. The van der Waals surface area contributed by atoms with E-state index >= 15 is 0 Å². The van der Waals surface area contributed by atoms with Gasteiger partial charge in [0.05, 0.1) is 6.04 Å². The quantitative estimate of drug-likeness (QED) is 0.398. The van der Waals surface area contributed by atoms with Crippen LogP contribution in [0.3, 0.4) is 0 Å². The van der Waals surface area contributed by atoms with Gasteiger partial charge in [-0.1, -0.05) is 36.7 Å². The lowest BCUT2D eigenvalue weighted by Crippen LogP contribution is -2.48. The maximum absolute atomic E-state index is 13.6. The van der Waals surface area contributed by atoms with Crippen molar-refractivity contribution in [1.29, 1.82) is 0 Å². The van der Waals surface area contributed by atoms with Gasteiger partial charge in [0.25, 0.3) is 5.91 Å². The molecule has 0 aliphatic carbocycles. The average molecular weight is 497 g/mol. The molecule has 0 N–H and O–H groups in total. The topological polar surface area (TPSA) is 49.9 Å². The van der Waals surface area contributed by atoms with Gasteiger partial charge < -0.3 is 14.5 Å². The minimum absolute atomic E-state index is 0.0535. The van der Waals surface area contributed by atoms with E-state index in [9.17, 15) is 9.59 Å². The van der Waals surface area contributed by atoms with Gasteiger partial charge in [-0.2, -0.15) is 0 Å². The summed E-state index contributed by atoms with van der Waals surface area (Å²) in [5, 5.41) is 2.72. The van der Waals surface area contributed by atoms with Crippen LogP contribution in [0.4, 0.5) is 0 Å². The first-order valence-electron chi connectivity index (χ1n) is 11.6. The second-order valence-corrected chi connectivity index (χ2v) is 9.90. The van der Waals surface area contributed by atoms with Gasteiger partial charge >= 0.3 is 0 Å². The third-order valence-corrected chi connectivity index (χ3v) is 7.37. The Morgan fingerprint density at radius 2 is 1.91 bits per heavy atom. The van der Waals surface area contributed by atoms with E-state index in [2.05, 4.69) is 11.4 Å². The minimum atomic E-state index is -0.199. The van der Waals surface area contributed by atoms with E-state index in [1.807, 2.05) is 55.1 Å². The zero-order valence-corrected chi connectivity index (χ0v) is 21.1. The number of amides is 2. The molecule has 1 aliphatic rings. The summed E-state index contributed by atoms with van der Waals surface area (Å²) in [6.45, 7) is 5.48. The summed E-state index contributed by atoms with van der Waals surface area (Å²) < 4.78 is 6.06. The number of thiophene rings is 1. The van der Waals surface area contributed by atoms with E-state index in [1.165, 1.54) is 4.88 Å². The lowest BCUT2D eigenvalue weighted by atomic mass is 10.00. The molecule has 7 heteroatoms. The second kappa shape index (κ2) is 11.1. The number of ether oxygens (including phenoxy) is 1. The molecule has 0 fully saturated rings. The normalized spacial score (nSPS) is 15.0. The van der Waals surface area contributed by atoms with Crippen LogP contribution in [0.2, 0.25) is 5.02 Å². The number of carbonyl (C=O) groups is 2. The Morgan fingerprint density at radius 1 is 1.15 bits per heavy atom. The van der Waals surface area contributed by atoms with Crippen LogP contribution in [0.15, 0.2) is 60.0 Å². The molecule has 2 heterocycles. The first-order chi connectivity index (χ1) is 16.5. The van der Waals surface area contributed by atoms with Crippen molar-refractivity contribution in [2.45, 2.75) is 32.7 Å². The van der Waals surface area contributed by atoms with E-state index in [1.54, 1.807) is 28.4 Å². The van der Waals surface area contributed by atoms with Gasteiger partial charge in [-0.15, -0.1) is 11.3 Å². The van der Waals surface area contributed by atoms with Crippen LogP contribution in [0.5, 0.6) is 5.75 Å². The van der Waals surface area contributed by atoms with Gasteiger partial charge in [0, 0.05) is 28.6 Å². The van der Waals surface area contributed by atoms with Crippen molar-refractivity contribution in [2.24, 2.45) is 0 Å². The molecule has 0 bridgehead atoms. The van der Waals surface area contributed by atoms with Gasteiger partial charge in [-0.3, -0.25) is 9.59 Å². The number of nitrogens with zero attached hydrogens (tertiary/aromatic N) is 2. The molecule has 0 saturated carbocycles. The number of hydrogen-bond donors (Lipinski definition) is 0. The summed E-state index contributed by atoms with van der Waals surface area (Å²) in [4.78, 5) is 31.7. The van der Waals surface area contributed by atoms with Crippen LogP contribution in [0, 0.1) is 6.92 Å². The zero-order chi connectivity index (χ0) is 24.1. The number of hydrogen-bond acceptors (Lipinski definition) is 4. The number of aryl methyl sites for hydroxylation is 1. The summed E-state index contributed by atoms with van der Waals surface area (Å²) in [6.07, 6.45) is 1.60. The highest BCUT2D eigenvalue weighted by molar-refractivity contribution is 7.10. The predicted octanol–water partition coefficient (Wildman–Crippen LogP) is 5.77. The number of halogens is 1. The van der Waals surface area contributed by atoms with Crippen LogP contribution in [0.25, 0.3) is 0 Å². The molecule has 2 aromatic carbocycles. The summed E-state index contributed by atoms with van der Waals surface area (Å²) in [5.41, 5.74) is 2.69. The monoisotopic (exact) mass is 496 g/mol. The fourth-order valence-electron chi connectivity index (χ4n) is 4.34. The Balaban J connectivity index is 1.52. The van der Waals surface area contributed by atoms with Crippen molar-refractivity contribution in [1.82, 2.24) is 9.80 Å². The Morgan fingerprint density at radius 3 is 2.65 bits per heavy atom. The van der Waals surface area contributed by atoms with E-state index in [4.69, 9.17) is 16.3 Å². The van der Waals surface area contributed by atoms with Gasteiger partial charge in [-0.25, -0.2) is 0 Å². The molecule has 3 aromatic rings. The standard InChI is InChI=1S/C27H29ClN2O3S/c1-3-14-29(27(32)22-7-5-4-6-19(22)2)17-26(31)30-15-12-25-23(13-16-34-25)24(30)18-33-21-10-8-20(28)9-11-21/h4-11,13,16,24H,3,12,14-15,17-18H2,1-2H3/t24-/m0/s1. The lowest BCUT2D eigenvalue weighted by molar-refractivity contribution is -0.135. The molecule has 0 radical (unpaired) electrons. The van der Waals surface area contributed by atoms with E-state index in [-0.39, 0.29) is 24.4 Å². The Labute approximate surface area is 209 Å². The van der Waals surface area contributed by atoms with E-state index in [0.29, 0.717) is 36.0 Å².